The van der Waals surface area contributed by atoms with Gasteiger partial charge in [-0.05, 0) is 45.4 Å². The fraction of sp³-hybridized carbons (Fsp3) is 0.478. The predicted molar refractivity (Wildman–Crippen MR) is 111 cm³/mol. The van der Waals surface area contributed by atoms with E-state index in [1.807, 2.05) is 0 Å². The molecule has 1 heterocycles. The van der Waals surface area contributed by atoms with Crippen LogP contribution in [0, 0.1) is 10.1 Å². The molecule has 7 heteroatoms. The molecule has 0 amide bonds. The lowest BCUT2D eigenvalue weighted by molar-refractivity contribution is -0.385. The summed E-state index contributed by atoms with van der Waals surface area (Å²) in [6, 6.07) is 6.36. The Bertz CT molecular complexity index is 956. The third-order valence-corrected chi connectivity index (χ3v) is 6.27. The van der Waals surface area contributed by atoms with Crippen LogP contribution in [0.15, 0.2) is 46.8 Å². The van der Waals surface area contributed by atoms with Crippen LogP contribution in [-0.4, -0.2) is 22.8 Å². The fourth-order valence-electron chi connectivity index (χ4n) is 4.86. The molecule has 1 aromatic carbocycles. The van der Waals surface area contributed by atoms with Crippen molar-refractivity contribution < 1.29 is 19.2 Å². The van der Waals surface area contributed by atoms with Gasteiger partial charge in [-0.15, -0.1) is 0 Å². The largest absolute Gasteiger partial charge is 0.459 e. The van der Waals surface area contributed by atoms with Crippen LogP contribution in [0.4, 0.5) is 5.69 Å². The van der Waals surface area contributed by atoms with Crippen LogP contribution in [0.25, 0.3) is 0 Å². The highest BCUT2D eigenvalue weighted by Gasteiger charge is 2.42. The maximum absolute atomic E-state index is 13.3. The Balaban J connectivity index is 1.80. The van der Waals surface area contributed by atoms with Gasteiger partial charge in [0.15, 0.2) is 5.78 Å². The number of carbonyl (C=O) groups excluding carboxylic acids is 2. The molecule has 1 saturated carbocycles. The van der Waals surface area contributed by atoms with Crippen LogP contribution in [-0.2, 0) is 14.3 Å². The molecule has 3 aliphatic rings. The molecular weight excluding hydrogens is 384 g/mol. The second-order valence-electron chi connectivity index (χ2n) is 8.25. The van der Waals surface area contributed by atoms with Crippen molar-refractivity contribution in [1.82, 2.24) is 5.32 Å². The first-order valence-corrected chi connectivity index (χ1v) is 10.7. The first-order chi connectivity index (χ1) is 14.5. The highest BCUT2D eigenvalue weighted by molar-refractivity contribution is 6.04. The van der Waals surface area contributed by atoms with Crippen molar-refractivity contribution in [2.24, 2.45) is 0 Å². The molecule has 158 valence electrons. The molecule has 1 fully saturated rings. The minimum absolute atomic E-state index is 0.0673. The summed E-state index contributed by atoms with van der Waals surface area (Å²) in [6.45, 7) is 1.78. The van der Waals surface area contributed by atoms with Crippen molar-refractivity contribution in [3.63, 3.8) is 0 Å². The lowest BCUT2D eigenvalue weighted by atomic mass is 9.75. The van der Waals surface area contributed by atoms with Crippen molar-refractivity contribution in [1.29, 1.82) is 0 Å². The van der Waals surface area contributed by atoms with Crippen molar-refractivity contribution in [3.05, 3.63) is 62.5 Å². The van der Waals surface area contributed by atoms with E-state index < -0.39 is 16.8 Å². The Hall–Kier alpha value is -2.96. The fourth-order valence-corrected chi connectivity index (χ4v) is 4.86. The predicted octanol–water partition coefficient (Wildman–Crippen LogP) is 4.44. The Morgan fingerprint density at radius 1 is 1.13 bits per heavy atom. The average Bonchev–Trinajstić information content (AvgIpc) is 2.73. The third-order valence-electron chi connectivity index (χ3n) is 6.27. The van der Waals surface area contributed by atoms with Crippen molar-refractivity contribution >= 4 is 17.4 Å². The second kappa shape index (κ2) is 8.42. The first kappa shape index (κ1) is 20.3. The summed E-state index contributed by atoms with van der Waals surface area (Å²) in [5.41, 5.74) is 2.42. The molecule has 1 N–H and O–H groups in total. The van der Waals surface area contributed by atoms with E-state index in [-0.39, 0.29) is 17.6 Å². The molecule has 0 spiro atoms. The van der Waals surface area contributed by atoms with Gasteiger partial charge in [0.05, 0.1) is 16.4 Å². The molecule has 0 saturated heterocycles. The number of nitro benzene ring substituents is 1. The molecule has 1 atom stereocenters. The van der Waals surface area contributed by atoms with E-state index in [0.717, 1.165) is 44.2 Å². The smallest absolute Gasteiger partial charge is 0.337 e. The molecule has 1 unspecified atom stereocenters. The number of ketones is 1. The maximum Gasteiger partial charge on any atom is 0.337 e. The summed E-state index contributed by atoms with van der Waals surface area (Å²) >= 11 is 0. The van der Waals surface area contributed by atoms with Crippen LogP contribution in [0.2, 0.25) is 0 Å². The maximum atomic E-state index is 13.3. The Morgan fingerprint density at radius 2 is 1.87 bits per heavy atom. The molecule has 1 aromatic rings. The number of nitrogens with zero attached hydrogens (tertiary/aromatic N) is 1. The van der Waals surface area contributed by atoms with Crippen LogP contribution in [0.1, 0.15) is 69.8 Å². The van der Waals surface area contributed by atoms with Crippen LogP contribution >= 0.6 is 0 Å². The van der Waals surface area contributed by atoms with Gasteiger partial charge in [-0.2, -0.15) is 0 Å². The van der Waals surface area contributed by atoms with Crippen molar-refractivity contribution in [3.8, 4) is 0 Å². The zero-order valence-electron chi connectivity index (χ0n) is 17.1. The summed E-state index contributed by atoms with van der Waals surface area (Å²) in [4.78, 5) is 37.5. The minimum Gasteiger partial charge on any atom is -0.459 e. The van der Waals surface area contributed by atoms with Gasteiger partial charge in [-0.25, -0.2) is 4.79 Å². The quantitative estimate of drug-likeness (QED) is 0.448. The van der Waals surface area contributed by atoms with Gasteiger partial charge < -0.3 is 10.1 Å². The number of benzene rings is 1. The Morgan fingerprint density at radius 3 is 2.60 bits per heavy atom. The van der Waals surface area contributed by atoms with E-state index in [0.29, 0.717) is 35.2 Å². The van der Waals surface area contributed by atoms with Gasteiger partial charge in [0.25, 0.3) is 5.69 Å². The molecule has 30 heavy (non-hydrogen) atoms. The average molecular weight is 410 g/mol. The van der Waals surface area contributed by atoms with Gasteiger partial charge in [0.1, 0.15) is 6.10 Å². The normalized spacial score (nSPS) is 22.4. The number of para-hydroxylation sites is 1. The lowest BCUT2D eigenvalue weighted by Gasteiger charge is -2.34. The zero-order valence-corrected chi connectivity index (χ0v) is 17.1. The highest BCUT2D eigenvalue weighted by atomic mass is 16.6. The number of hydrogen-bond acceptors (Lipinski definition) is 6. The van der Waals surface area contributed by atoms with Gasteiger partial charge in [-0.3, -0.25) is 14.9 Å². The van der Waals surface area contributed by atoms with E-state index in [4.69, 9.17) is 4.74 Å². The highest BCUT2D eigenvalue weighted by Crippen LogP contribution is 2.45. The first-order valence-electron chi connectivity index (χ1n) is 10.7. The molecule has 1 aliphatic heterocycles. The van der Waals surface area contributed by atoms with Crippen molar-refractivity contribution in [2.75, 3.05) is 0 Å². The van der Waals surface area contributed by atoms with Crippen LogP contribution < -0.4 is 5.32 Å². The number of Topliss-reactive ketones (excluding diaryl/α,β-unsaturated/α-hetero) is 1. The number of nitrogens with one attached hydrogen (secondary N) is 1. The van der Waals surface area contributed by atoms with Crippen LogP contribution in [0.3, 0.4) is 0 Å². The van der Waals surface area contributed by atoms with Gasteiger partial charge >= 0.3 is 5.97 Å². The van der Waals surface area contributed by atoms with E-state index in [1.165, 1.54) is 6.07 Å². The molecule has 0 aromatic heterocycles. The molecule has 2 aliphatic carbocycles. The number of allylic oxidation sites excluding steroid dienone is 3. The monoisotopic (exact) mass is 410 g/mol. The van der Waals surface area contributed by atoms with E-state index in [9.17, 15) is 19.7 Å². The summed E-state index contributed by atoms with van der Waals surface area (Å²) in [5.74, 6) is -1.34. The standard InChI is InChI=1S/C23H26N2O5/c1-14-20(23(27)30-15-8-3-2-4-9-15)21(16-10-5-6-12-18(16)25(28)29)22-17(24-14)11-7-13-19(22)26/h5-6,10,12,15,21,24H,2-4,7-9,11,13H2,1H3. The summed E-state index contributed by atoms with van der Waals surface area (Å²) in [7, 11) is 0. The summed E-state index contributed by atoms with van der Waals surface area (Å²) in [5, 5.41) is 15.0. The number of esters is 1. The lowest BCUT2D eigenvalue weighted by Crippen LogP contribution is -2.35. The van der Waals surface area contributed by atoms with E-state index >= 15 is 0 Å². The number of rotatable bonds is 4. The minimum atomic E-state index is -0.785. The molecule has 7 nitrogen and oxygen atoms in total. The summed E-state index contributed by atoms with van der Waals surface area (Å²) in [6.07, 6.45) is 6.48. The topological polar surface area (TPSA) is 98.5 Å². The van der Waals surface area contributed by atoms with Crippen molar-refractivity contribution in [2.45, 2.75) is 70.3 Å². The van der Waals surface area contributed by atoms with Gasteiger partial charge in [0, 0.05) is 35.0 Å². The molecule has 0 bridgehead atoms. The summed E-state index contributed by atoms with van der Waals surface area (Å²) < 4.78 is 5.83. The van der Waals surface area contributed by atoms with E-state index in [2.05, 4.69) is 5.32 Å². The number of dihydropyridines is 1. The van der Waals surface area contributed by atoms with Gasteiger partial charge in [0.2, 0.25) is 0 Å². The number of carbonyl (C=O) groups is 2. The van der Waals surface area contributed by atoms with Crippen LogP contribution in [0.5, 0.6) is 0 Å². The third kappa shape index (κ3) is 3.76. The number of hydrogen-bond donors (Lipinski definition) is 1. The second-order valence-corrected chi connectivity index (χ2v) is 8.25. The Kier molecular flexibility index (Phi) is 5.70. The SMILES string of the molecule is CC1=C(C(=O)OC2CCCCC2)C(c2ccccc2[N+](=O)[O-])C2=C(CCCC2=O)N1. The van der Waals surface area contributed by atoms with E-state index in [1.54, 1.807) is 25.1 Å². The molecule has 0 radical (unpaired) electrons. The van der Waals surface area contributed by atoms with Gasteiger partial charge in [-0.1, -0.05) is 24.6 Å². The Labute approximate surface area is 175 Å². The number of nitro groups is 1. The molecular formula is C23H26N2O5. The zero-order chi connectivity index (χ0) is 21.3. The molecule has 4 rings (SSSR count). The number of ether oxygens (including phenoxy) is 1.